The van der Waals surface area contributed by atoms with Gasteiger partial charge in [-0.05, 0) is 62.3 Å². The molecule has 9 heteroatoms. The van der Waals surface area contributed by atoms with Gasteiger partial charge in [-0.3, -0.25) is 9.69 Å². The highest BCUT2D eigenvalue weighted by atomic mass is 35.5. The van der Waals surface area contributed by atoms with E-state index in [4.69, 9.17) is 11.6 Å². The van der Waals surface area contributed by atoms with E-state index in [1.165, 1.54) is 12.1 Å². The highest BCUT2D eigenvalue weighted by molar-refractivity contribution is 6.31. The number of nitrogens with zero attached hydrogens (tertiary/aromatic N) is 2. The van der Waals surface area contributed by atoms with Gasteiger partial charge in [0.1, 0.15) is 5.82 Å². The first-order valence-electron chi connectivity index (χ1n) is 9.62. The number of halogens is 4. The van der Waals surface area contributed by atoms with E-state index >= 15 is 0 Å². The van der Waals surface area contributed by atoms with Crippen LogP contribution in [-0.4, -0.2) is 40.4 Å². The average Bonchev–Trinajstić information content (AvgIpc) is 3.11. The summed E-state index contributed by atoms with van der Waals surface area (Å²) in [6.07, 6.45) is -2.76. The molecule has 0 bridgehead atoms. The average molecular weight is 437 g/mol. The monoisotopic (exact) mass is 436 g/mol. The first kappa shape index (κ1) is 20.7. The molecule has 0 spiro atoms. The molecule has 5 nitrogen and oxygen atoms in total. The van der Waals surface area contributed by atoms with E-state index in [0.717, 1.165) is 41.8 Å². The van der Waals surface area contributed by atoms with Crippen molar-refractivity contribution < 1.29 is 18.0 Å². The molecular formula is C21H20ClF3N4O. The quantitative estimate of drug-likeness (QED) is 0.601. The number of aromatic nitrogens is 2. The Morgan fingerprint density at radius 1 is 1.20 bits per heavy atom. The summed E-state index contributed by atoms with van der Waals surface area (Å²) >= 11 is 6.02. The number of rotatable bonds is 4. The second-order valence-electron chi connectivity index (χ2n) is 7.46. The fourth-order valence-electron chi connectivity index (χ4n) is 3.74. The van der Waals surface area contributed by atoms with Gasteiger partial charge in [-0.15, -0.1) is 0 Å². The van der Waals surface area contributed by atoms with Gasteiger partial charge in [0.25, 0.3) is 0 Å². The summed E-state index contributed by atoms with van der Waals surface area (Å²) in [6.45, 7) is 1.55. The first-order valence-corrected chi connectivity index (χ1v) is 10.0. The van der Waals surface area contributed by atoms with Crippen LogP contribution in [0.15, 0.2) is 42.5 Å². The molecule has 1 aromatic heterocycles. The van der Waals surface area contributed by atoms with Crippen LogP contribution < -0.4 is 5.32 Å². The Morgan fingerprint density at radius 3 is 2.70 bits per heavy atom. The summed E-state index contributed by atoms with van der Waals surface area (Å²) in [4.78, 5) is 22.2. The number of fused-ring (bicyclic) bond motifs is 1. The molecule has 1 amide bonds. The minimum absolute atomic E-state index is 0.138. The number of H-pyrrole nitrogens is 1. The van der Waals surface area contributed by atoms with Crippen LogP contribution in [0.1, 0.15) is 30.1 Å². The summed E-state index contributed by atoms with van der Waals surface area (Å²) in [7, 11) is 0. The normalized spacial score (nSPS) is 16.1. The van der Waals surface area contributed by atoms with Crippen molar-refractivity contribution >= 4 is 34.2 Å². The minimum Gasteiger partial charge on any atom is -0.342 e. The van der Waals surface area contributed by atoms with E-state index in [9.17, 15) is 18.0 Å². The van der Waals surface area contributed by atoms with Crippen molar-refractivity contribution in [2.45, 2.75) is 24.9 Å². The standard InChI is InChI=1S/C21H20ClF3N4O/c22-15-4-5-17-18(11-15)28-20(27-17)13-6-8-29(9-7-13)12-19(30)26-16-3-1-2-14(10-16)21(23,24)25/h1-5,10-11,13H,6-9,12H2,(H,26,30)(H,27,28). The second-order valence-corrected chi connectivity index (χ2v) is 7.90. The summed E-state index contributed by atoms with van der Waals surface area (Å²) < 4.78 is 38.4. The molecule has 1 aliphatic heterocycles. The summed E-state index contributed by atoms with van der Waals surface area (Å²) in [5.41, 5.74) is 1.14. The molecule has 1 fully saturated rings. The molecule has 158 valence electrons. The number of aromatic amines is 1. The van der Waals surface area contributed by atoms with E-state index in [2.05, 4.69) is 15.3 Å². The molecule has 0 atom stereocenters. The Labute approximate surface area is 176 Å². The molecule has 1 saturated heterocycles. The molecule has 4 rings (SSSR count). The Bertz CT molecular complexity index is 1060. The Kier molecular flexibility index (Phi) is 5.71. The number of carbonyl (C=O) groups is 1. The highest BCUT2D eigenvalue weighted by Crippen LogP contribution is 2.31. The largest absolute Gasteiger partial charge is 0.416 e. The molecule has 0 unspecified atom stereocenters. The number of piperidine rings is 1. The highest BCUT2D eigenvalue weighted by Gasteiger charge is 2.30. The molecular weight excluding hydrogens is 417 g/mol. The lowest BCUT2D eigenvalue weighted by atomic mass is 9.96. The maximum Gasteiger partial charge on any atom is 0.416 e. The molecule has 0 aliphatic carbocycles. The van der Waals surface area contributed by atoms with Gasteiger partial charge < -0.3 is 10.3 Å². The lowest BCUT2D eigenvalue weighted by Gasteiger charge is -2.30. The zero-order chi connectivity index (χ0) is 21.3. The van der Waals surface area contributed by atoms with Crippen molar-refractivity contribution in [2.75, 3.05) is 25.0 Å². The van der Waals surface area contributed by atoms with E-state index in [1.54, 1.807) is 6.07 Å². The third-order valence-corrected chi connectivity index (χ3v) is 5.51. The topological polar surface area (TPSA) is 61.0 Å². The van der Waals surface area contributed by atoms with Crippen molar-refractivity contribution in [3.63, 3.8) is 0 Å². The van der Waals surface area contributed by atoms with Crippen molar-refractivity contribution in [1.82, 2.24) is 14.9 Å². The molecule has 0 saturated carbocycles. The third kappa shape index (κ3) is 4.76. The van der Waals surface area contributed by atoms with Crippen LogP contribution in [0.4, 0.5) is 18.9 Å². The lowest BCUT2D eigenvalue weighted by molar-refractivity contribution is -0.137. The van der Waals surface area contributed by atoms with Crippen LogP contribution in [0.25, 0.3) is 11.0 Å². The number of likely N-dealkylation sites (tertiary alicyclic amines) is 1. The maximum absolute atomic E-state index is 12.8. The van der Waals surface area contributed by atoms with Crippen LogP contribution in [0.2, 0.25) is 5.02 Å². The molecule has 0 radical (unpaired) electrons. The van der Waals surface area contributed by atoms with E-state index in [0.29, 0.717) is 18.1 Å². The van der Waals surface area contributed by atoms with Gasteiger partial charge in [-0.2, -0.15) is 13.2 Å². The zero-order valence-corrected chi connectivity index (χ0v) is 16.7. The zero-order valence-electron chi connectivity index (χ0n) is 16.0. The predicted octanol–water partition coefficient (Wildman–Crippen LogP) is 5.05. The van der Waals surface area contributed by atoms with Crippen molar-refractivity contribution in [3.05, 3.63) is 58.9 Å². The number of anilines is 1. The minimum atomic E-state index is -4.44. The van der Waals surface area contributed by atoms with E-state index in [-0.39, 0.29) is 24.1 Å². The molecule has 30 heavy (non-hydrogen) atoms. The number of hydrogen-bond donors (Lipinski definition) is 2. The van der Waals surface area contributed by atoms with Gasteiger partial charge in [0, 0.05) is 16.6 Å². The van der Waals surface area contributed by atoms with Crippen LogP contribution in [0.5, 0.6) is 0 Å². The molecule has 2 N–H and O–H groups in total. The third-order valence-electron chi connectivity index (χ3n) is 5.28. The van der Waals surface area contributed by atoms with E-state index < -0.39 is 11.7 Å². The van der Waals surface area contributed by atoms with Crippen molar-refractivity contribution in [2.24, 2.45) is 0 Å². The van der Waals surface area contributed by atoms with Gasteiger partial charge in [0.2, 0.25) is 5.91 Å². The number of alkyl halides is 3. The Balaban J connectivity index is 1.31. The van der Waals surface area contributed by atoms with Crippen LogP contribution in [0.3, 0.4) is 0 Å². The number of benzene rings is 2. The van der Waals surface area contributed by atoms with Crippen LogP contribution in [0, 0.1) is 0 Å². The number of imidazole rings is 1. The fourth-order valence-corrected chi connectivity index (χ4v) is 3.91. The molecule has 1 aliphatic rings. The first-order chi connectivity index (χ1) is 14.3. The van der Waals surface area contributed by atoms with Crippen LogP contribution in [-0.2, 0) is 11.0 Å². The smallest absolute Gasteiger partial charge is 0.342 e. The summed E-state index contributed by atoms with van der Waals surface area (Å²) in [5.74, 6) is 0.852. The number of amides is 1. The maximum atomic E-state index is 12.8. The molecule has 2 aromatic carbocycles. The number of carbonyl (C=O) groups excluding carboxylic acids is 1. The van der Waals surface area contributed by atoms with Crippen LogP contribution >= 0.6 is 11.6 Å². The predicted molar refractivity (Wildman–Crippen MR) is 110 cm³/mol. The second kappa shape index (κ2) is 8.28. The fraction of sp³-hybridized carbons (Fsp3) is 0.333. The van der Waals surface area contributed by atoms with Gasteiger partial charge in [-0.1, -0.05) is 17.7 Å². The SMILES string of the molecule is O=C(CN1CCC(c2nc3ccc(Cl)cc3[nH]2)CC1)Nc1cccc(C(F)(F)F)c1. The summed E-state index contributed by atoms with van der Waals surface area (Å²) in [6, 6.07) is 10.2. The van der Waals surface area contributed by atoms with Gasteiger partial charge in [-0.25, -0.2) is 4.98 Å². The van der Waals surface area contributed by atoms with Gasteiger partial charge >= 0.3 is 6.18 Å². The summed E-state index contributed by atoms with van der Waals surface area (Å²) in [5, 5.41) is 3.21. The van der Waals surface area contributed by atoms with Gasteiger partial charge in [0.05, 0.1) is 23.1 Å². The Morgan fingerprint density at radius 2 is 1.97 bits per heavy atom. The van der Waals surface area contributed by atoms with Crippen molar-refractivity contribution in [1.29, 1.82) is 0 Å². The lowest BCUT2D eigenvalue weighted by Crippen LogP contribution is -2.38. The molecule has 2 heterocycles. The van der Waals surface area contributed by atoms with E-state index in [1.807, 2.05) is 17.0 Å². The molecule has 3 aromatic rings. The number of hydrogen-bond acceptors (Lipinski definition) is 3. The Hall–Kier alpha value is -2.58. The van der Waals surface area contributed by atoms with Crippen molar-refractivity contribution in [3.8, 4) is 0 Å². The van der Waals surface area contributed by atoms with Gasteiger partial charge in [0.15, 0.2) is 0 Å². The number of nitrogens with one attached hydrogen (secondary N) is 2.